The highest BCUT2D eigenvalue weighted by Gasteiger charge is 2.33. The van der Waals surface area contributed by atoms with Crippen LogP contribution in [0.5, 0.6) is 0 Å². The zero-order chi connectivity index (χ0) is 23.3. The van der Waals surface area contributed by atoms with Crippen molar-refractivity contribution >= 4 is 39.3 Å². The summed E-state index contributed by atoms with van der Waals surface area (Å²) in [4.78, 5) is 15.0. The molecule has 0 atom stereocenters. The number of piperazine rings is 1. The molecule has 0 radical (unpaired) electrons. The van der Waals surface area contributed by atoms with Crippen LogP contribution in [0, 0.1) is 6.92 Å². The summed E-state index contributed by atoms with van der Waals surface area (Å²) in [6.45, 7) is 2.96. The monoisotopic (exact) mass is 485 g/mol. The first-order chi connectivity index (χ1) is 15.0. The molecule has 32 heavy (non-hydrogen) atoms. The Kier molecular flexibility index (Phi) is 5.93. The Labute approximate surface area is 190 Å². The van der Waals surface area contributed by atoms with Gasteiger partial charge < -0.3 is 9.80 Å². The molecule has 2 heterocycles. The average Bonchev–Trinajstić information content (AvgIpc) is 3.16. The van der Waals surface area contributed by atoms with Crippen molar-refractivity contribution in [1.29, 1.82) is 0 Å². The number of nitrogens with zero attached hydrogens (tertiary/aromatic N) is 3. The van der Waals surface area contributed by atoms with Gasteiger partial charge in [0.15, 0.2) is 0 Å². The standard InChI is InChI=1S/C21H22F3N3O3S2/c1-14-10-16(21(22,23)24)13-17(11-14)25-6-8-26(9-7-25)32(29,30)18-2-3-19-15(12-18)4-5-27(19)20(28)31/h2-3,10-13H,4-9H2,1H3,(H,28,31). The molecule has 0 bridgehead atoms. The molecule has 11 heteroatoms. The lowest BCUT2D eigenvalue weighted by atomic mass is 10.1. The van der Waals surface area contributed by atoms with Gasteiger partial charge in [0.1, 0.15) is 0 Å². The highest BCUT2D eigenvalue weighted by atomic mass is 32.2. The number of rotatable bonds is 3. The summed E-state index contributed by atoms with van der Waals surface area (Å²) >= 11 is 3.84. The summed E-state index contributed by atoms with van der Waals surface area (Å²) in [5.41, 5.74) is 1.65. The number of fused-ring (bicyclic) bond motifs is 1. The smallest absolute Gasteiger partial charge is 0.369 e. The number of anilines is 2. The molecule has 2 aromatic carbocycles. The zero-order valence-corrected chi connectivity index (χ0v) is 19.0. The van der Waals surface area contributed by atoms with Crippen molar-refractivity contribution in [3.8, 4) is 0 Å². The number of thiol groups is 1. The van der Waals surface area contributed by atoms with Crippen LogP contribution in [0.3, 0.4) is 0 Å². The predicted molar refractivity (Wildman–Crippen MR) is 119 cm³/mol. The third kappa shape index (κ3) is 4.33. The lowest BCUT2D eigenvalue weighted by molar-refractivity contribution is -0.137. The van der Waals surface area contributed by atoms with Gasteiger partial charge in [-0.3, -0.25) is 4.79 Å². The van der Waals surface area contributed by atoms with Crippen molar-refractivity contribution in [3.63, 3.8) is 0 Å². The number of benzene rings is 2. The summed E-state index contributed by atoms with van der Waals surface area (Å²) in [6.07, 6.45) is -3.89. The molecule has 0 aliphatic carbocycles. The molecule has 2 aliphatic rings. The second-order valence-corrected chi connectivity index (χ2v) is 10.2. The van der Waals surface area contributed by atoms with Gasteiger partial charge in [0.05, 0.1) is 10.5 Å². The van der Waals surface area contributed by atoms with E-state index in [9.17, 15) is 26.4 Å². The maximum absolute atomic E-state index is 13.2. The molecule has 6 nitrogen and oxygen atoms in total. The van der Waals surface area contributed by atoms with Crippen LogP contribution in [0.2, 0.25) is 0 Å². The summed E-state index contributed by atoms with van der Waals surface area (Å²) < 4.78 is 67.1. The molecule has 0 saturated carbocycles. The molecular formula is C21H22F3N3O3S2. The van der Waals surface area contributed by atoms with E-state index in [-0.39, 0.29) is 36.3 Å². The maximum atomic E-state index is 13.2. The van der Waals surface area contributed by atoms with Gasteiger partial charge in [0.25, 0.3) is 5.24 Å². The second kappa shape index (κ2) is 8.27. The Balaban J connectivity index is 1.50. The van der Waals surface area contributed by atoms with E-state index in [1.807, 2.05) is 0 Å². The number of alkyl halides is 3. The second-order valence-electron chi connectivity index (χ2n) is 7.92. The van der Waals surface area contributed by atoms with Gasteiger partial charge in [-0.25, -0.2) is 8.42 Å². The van der Waals surface area contributed by atoms with Crippen LogP contribution in [-0.2, 0) is 22.6 Å². The number of halogens is 3. The van der Waals surface area contributed by atoms with Crippen LogP contribution >= 0.6 is 12.6 Å². The fourth-order valence-corrected chi connectivity index (χ4v) is 5.86. The van der Waals surface area contributed by atoms with Crippen molar-refractivity contribution in [2.75, 3.05) is 42.5 Å². The van der Waals surface area contributed by atoms with E-state index >= 15 is 0 Å². The Morgan fingerprint density at radius 2 is 1.69 bits per heavy atom. The minimum Gasteiger partial charge on any atom is -0.369 e. The van der Waals surface area contributed by atoms with Crippen LogP contribution in [0.15, 0.2) is 41.3 Å². The molecule has 1 saturated heterocycles. The third-order valence-corrected chi connectivity index (χ3v) is 7.94. The molecule has 2 aliphatic heterocycles. The van der Waals surface area contributed by atoms with Crippen LogP contribution in [0.25, 0.3) is 0 Å². The summed E-state index contributed by atoms with van der Waals surface area (Å²) in [6, 6.07) is 8.56. The third-order valence-electron chi connectivity index (χ3n) is 5.81. The highest BCUT2D eigenvalue weighted by molar-refractivity contribution is 7.96. The molecular weight excluding hydrogens is 463 g/mol. The number of hydrogen-bond acceptors (Lipinski definition) is 4. The summed E-state index contributed by atoms with van der Waals surface area (Å²) in [5, 5.41) is -0.389. The van der Waals surface area contributed by atoms with Crippen LogP contribution in [0.1, 0.15) is 16.7 Å². The van der Waals surface area contributed by atoms with Gasteiger partial charge in [-0.05, 0) is 60.9 Å². The van der Waals surface area contributed by atoms with Crippen molar-refractivity contribution in [1.82, 2.24) is 4.31 Å². The van der Waals surface area contributed by atoms with E-state index in [0.717, 1.165) is 17.7 Å². The van der Waals surface area contributed by atoms with Gasteiger partial charge in [-0.2, -0.15) is 17.5 Å². The first-order valence-corrected chi connectivity index (χ1v) is 11.9. The first-order valence-electron chi connectivity index (χ1n) is 10.0. The average molecular weight is 486 g/mol. The number of carbonyl (C=O) groups is 1. The quantitative estimate of drug-likeness (QED) is 0.670. The number of hydrogen-bond donors (Lipinski definition) is 1. The lowest BCUT2D eigenvalue weighted by Gasteiger charge is -2.35. The summed E-state index contributed by atoms with van der Waals surface area (Å²) in [5.74, 6) is 0. The van der Waals surface area contributed by atoms with E-state index in [0.29, 0.717) is 29.9 Å². The van der Waals surface area contributed by atoms with Crippen LogP contribution in [0.4, 0.5) is 29.3 Å². The summed E-state index contributed by atoms with van der Waals surface area (Å²) in [7, 11) is -3.76. The SMILES string of the molecule is Cc1cc(N2CCN(S(=O)(=O)c3ccc4c(c3)CCN4C(=O)S)CC2)cc(C(F)(F)F)c1. The molecule has 0 N–H and O–H groups in total. The van der Waals surface area contributed by atoms with Crippen LogP contribution in [-0.4, -0.2) is 50.7 Å². The van der Waals surface area contributed by atoms with Gasteiger partial charge in [-0.1, -0.05) is 12.6 Å². The Morgan fingerprint density at radius 1 is 1.00 bits per heavy atom. The number of amides is 1. The van der Waals surface area contributed by atoms with Crippen molar-refractivity contribution < 1.29 is 26.4 Å². The fraction of sp³-hybridized carbons (Fsp3) is 0.381. The Bertz CT molecular complexity index is 1160. The minimum atomic E-state index is -4.44. The van der Waals surface area contributed by atoms with E-state index in [1.165, 1.54) is 15.3 Å². The van der Waals surface area contributed by atoms with E-state index in [2.05, 4.69) is 12.6 Å². The molecule has 1 fully saturated rings. The van der Waals surface area contributed by atoms with Gasteiger partial charge >= 0.3 is 6.18 Å². The first kappa shape index (κ1) is 22.9. The van der Waals surface area contributed by atoms with Gasteiger partial charge in [0, 0.05) is 44.1 Å². The maximum Gasteiger partial charge on any atom is 0.416 e. The van der Waals surface area contributed by atoms with Gasteiger partial charge in [-0.15, -0.1) is 0 Å². The van der Waals surface area contributed by atoms with E-state index in [1.54, 1.807) is 30.0 Å². The number of sulfonamides is 1. The van der Waals surface area contributed by atoms with Crippen molar-refractivity contribution in [2.24, 2.45) is 0 Å². The molecule has 172 valence electrons. The van der Waals surface area contributed by atoms with E-state index in [4.69, 9.17) is 0 Å². The normalized spacial score (nSPS) is 17.5. The molecule has 0 aromatic heterocycles. The zero-order valence-electron chi connectivity index (χ0n) is 17.3. The van der Waals surface area contributed by atoms with Crippen LogP contribution < -0.4 is 9.80 Å². The fourth-order valence-electron chi connectivity index (χ4n) is 4.18. The topological polar surface area (TPSA) is 60.9 Å². The molecule has 1 amide bonds. The molecule has 2 aromatic rings. The Hall–Kier alpha value is -2.24. The number of carbonyl (C=O) groups excluding carboxylic acids is 1. The molecule has 4 rings (SSSR count). The van der Waals surface area contributed by atoms with Gasteiger partial charge in [0.2, 0.25) is 10.0 Å². The molecule has 0 unspecified atom stereocenters. The predicted octanol–water partition coefficient (Wildman–Crippen LogP) is 3.94. The van der Waals surface area contributed by atoms with E-state index < -0.39 is 21.8 Å². The van der Waals surface area contributed by atoms with Crippen molar-refractivity contribution in [2.45, 2.75) is 24.4 Å². The highest BCUT2D eigenvalue weighted by Crippen LogP contribution is 2.34. The largest absolute Gasteiger partial charge is 0.416 e. The number of aryl methyl sites for hydroxylation is 1. The minimum absolute atomic E-state index is 0.146. The van der Waals surface area contributed by atoms with Crippen molar-refractivity contribution in [3.05, 3.63) is 53.1 Å². The lowest BCUT2D eigenvalue weighted by Crippen LogP contribution is -2.48. The Morgan fingerprint density at radius 3 is 2.31 bits per heavy atom. The molecule has 0 spiro atoms.